The van der Waals surface area contributed by atoms with Crippen molar-refractivity contribution in [3.05, 3.63) is 89.7 Å². The van der Waals surface area contributed by atoms with E-state index in [1.54, 1.807) is 48.5 Å². The first-order valence-corrected chi connectivity index (χ1v) is 15.6. The van der Waals surface area contributed by atoms with Gasteiger partial charge in [0.15, 0.2) is 0 Å². The van der Waals surface area contributed by atoms with Crippen LogP contribution in [-0.2, 0) is 26.2 Å². The summed E-state index contributed by atoms with van der Waals surface area (Å²) in [6, 6.07) is 17.8. The maximum Gasteiger partial charge on any atom is 0.264 e. The lowest BCUT2D eigenvalue weighted by molar-refractivity contribution is -0.140. The summed E-state index contributed by atoms with van der Waals surface area (Å²) in [6.45, 7) is 3.12. The molecule has 0 saturated heterocycles. The number of carbonyl (C=O) groups excluding carboxylic acids is 2. The van der Waals surface area contributed by atoms with Gasteiger partial charge in [-0.05, 0) is 68.1 Å². The fraction of sp³-hybridized carbons (Fsp3) is 0.375. The van der Waals surface area contributed by atoms with E-state index in [1.165, 1.54) is 36.3 Å². The third kappa shape index (κ3) is 7.47. The molecule has 0 aromatic heterocycles. The van der Waals surface area contributed by atoms with Crippen LogP contribution in [-0.4, -0.2) is 50.9 Å². The zero-order valence-electron chi connectivity index (χ0n) is 24.3. The minimum absolute atomic E-state index is 0.00619. The van der Waals surface area contributed by atoms with Crippen LogP contribution in [0.3, 0.4) is 0 Å². The van der Waals surface area contributed by atoms with Crippen LogP contribution in [0.2, 0.25) is 0 Å². The summed E-state index contributed by atoms with van der Waals surface area (Å²) in [5.41, 5.74) is 1.75. The first-order chi connectivity index (χ1) is 20.1. The summed E-state index contributed by atoms with van der Waals surface area (Å²) in [5, 5.41) is 3.08. The molecule has 224 valence electrons. The van der Waals surface area contributed by atoms with E-state index in [9.17, 15) is 22.4 Å². The smallest absolute Gasteiger partial charge is 0.264 e. The predicted molar refractivity (Wildman–Crippen MR) is 160 cm³/mol. The zero-order chi connectivity index (χ0) is 30.3. The summed E-state index contributed by atoms with van der Waals surface area (Å²) in [5.74, 6) is -0.842. The number of aryl methyl sites for hydroxylation is 1. The number of sulfonamides is 1. The molecule has 1 aliphatic rings. The van der Waals surface area contributed by atoms with Crippen LogP contribution in [0.15, 0.2) is 77.7 Å². The summed E-state index contributed by atoms with van der Waals surface area (Å²) in [4.78, 5) is 29.1. The zero-order valence-corrected chi connectivity index (χ0v) is 25.1. The first kappa shape index (κ1) is 31.0. The van der Waals surface area contributed by atoms with Crippen LogP contribution >= 0.6 is 0 Å². The van der Waals surface area contributed by atoms with Crippen LogP contribution < -0.4 is 14.4 Å². The lowest BCUT2D eigenvalue weighted by atomic mass is 10.1. The molecule has 0 spiro atoms. The lowest BCUT2D eigenvalue weighted by Crippen LogP contribution is -2.53. The second kappa shape index (κ2) is 13.8. The molecule has 1 atom stereocenters. The Morgan fingerprint density at radius 3 is 2.31 bits per heavy atom. The Morgan fingerprint density at radius 2 is 1.69 bits per heavy atom. The lowest BCUT2D eigenvalue weighted by Gasteiger charge is -2.33. The molecule has 1 saturated carbocycles. The van der Waals surface area contributed by atoms with Gasteiger partial charge in [-0.1, -0.05) is 55.7 Å². The molecule has 3 aromatic carbocycles. The molecule has 42 heavy (non-hydrogen) atoms. The molecule has 2 amide bonds. The molecule has 1 N–H and O–H groups in total. The van der Waals surface area contributed by atoms with Crippen molar-refractivity contribution in [2.24, 2.45) is 0 Å². The third-order valence-electron chi connectivity index (χ3n) is 7.58. The Kier molecular flexibility index (Phi) is 10.2. The van der Waals surface area contributed by atoms with E-state index in [0.717, 1.165) is 35.6 Å². The van der Waals surface area contributed by atoms with Crippen LogP contribution in [0.5, 0.6) is 5.75 Å². The second-order valence-corrected chi connectivity index (χ2v) is 12.5. The number of amides is 2. The van der Waals surface area contributed by atoms with Gasteiger partial charge in [0.2, 0.25) is 11.8 Å². The fourth-order valence-corrected chi connectivity index (χ4v) is 6.61. The Hall–Kier alpha value is -3.92. The number of rotatable bonds is 12. The summed E-state index contributed by atoms with van der Waals surface area (Å²) >= 11 is 0. The second-order valence-electron chi connectivity index (χ2n) is 10.6. The maximum atomic E-state index is 14.2. The molecule has 0 bridgehead atoms. The van der Waals surface area contributed by atoms with Crippen molar-refractivity contribution in [3.8, 4) is 5.75 Å². The molecule has 0 aliphatic heterocycles. The molecular formula is C32H38FN3O5S. The van der Waals surface area contributed by atoms with E-state index < -0.39 is 34.3 Å². The molecule has 0 heterocycles. The summed E-state index contributed by atoms with van der Waals surface area (Å²) in [7, 11) is -2.72. The number of nitrogens with zero attached hydrogens (tertiary/aromatic N) is 2. The Bertz CT molecular complexity index is 1470. The van der Waals surface area contributed by atoms with E-state index in [0.29, 0.717) is 17.7 Å². The highest BCUT2D eigenvalue weighted by molar-refractivity contribution is 7.92. The van der Waals surface area contributed by atoms with Gasteiger partial charge in [0, 0.05) is 18.7 Å². The number of benzene rings is 3. The van der Waals surface area contributed by atoms with Gasteiger partial charge < -0.3 is 15.0 Å². The van der Waals surface area contributed by atoms with Crippen molar-refractivity contribution in [1.29, 1.82) is 0 Å². The van der Waals surface area contributed by atoms with Gasteiger partial charge in [-0.3, -0.25) is 13.9 Å². The molecule has 1 aliphatic carbocycles. The number of halogens is 1. The quantitative estimate of drug-likeness (QED) is 0.310. The van der Waals surface area contributed by atoms with Crippen molar-refractivity contribution < 1.29 is 27.1 Å². The number of carbonyl (C=O) groups is 2. The van der Waals surface area contributed by atoms with Crippen LogP contribution in [0, 0.1) is 12.7 Å². The number of hydrogen-bond acceptors (Lipinski definition) is 5. The van der Waals surface area contributed by atoms with E-state index in [4.69, 9.17) is 4.74 Å². The number of methoxy groups -OCH3 is 1. The Morgan fingerprint density at radius 1 is 1.02 bits per heavy atom. The van der Waals surface area contributed by atoms with Crippen molar-refractivity contribution in [1.82, 2.24) is 10.2 Å². The highest BCUT2D eigenvalue weighted by Gasteiger charge is 2.34. The average Bonchev–Trinajstić information content (AvgIpc) is 3.50. The van der Waals surface area contributed by atoms with Crippen LogP contribution in [0.1, 0.15) is 50.2 Å². The minimum Gasteiger partial charge on any atom is -0.497 e. The number of ether oxygens (including phenoxy) is 1. The fourth-order valence-electron chi connectivity index (χ4n) is 5.21. The van der Waals surface area contributed by atoms with Gasteiger partial charge in [-0.2, -0.15) is 0 Å². The molecule has 3 aromatic rings. The van der Waals surface area contributed by atoms with Crippen molar-refractivity contribution in [2.75, 3.05) is 18.0 Å². The molecule has 8 nitrogen and oxygen atoms in total. The highest BCUT2D eigenvalue weighted by Crippen LogP contribution is 2.28. The third-order valence-corrected chi connectivity index (χ3v) is 9.37. The van der Waals surface area contributed by atoms with Crippen LogP contribution in [0.25, 0.3) is 0 Å². The van der Waals surface area contributed by atoms with Gasteiger partial charge in [-0.15, -0.1) is 0 Å². The van der Waals surface area contributed by atoms with Gasteiger partial charge >= 0.3 is 0 Å². The molecule has 1 fully saturated rings. The van der Waals surface area contributed by atoms with E-state index in [2.05, 4.69) is 5.32 Å². The molecular weight excluding hydrogens is 557 g/mol. The van der Waals surface area contributed by atoms with E-state index in [-0.39, 0.29) is 29.1 Å². The Balaban J connectivity index is 1.72. The van der Waals surface area contributed by atoms with E-state index >= 15 is 0 Å². The molecule has 4 rings (SSSR count). The van der Waals surface area contributed by atoms with E-state index in [1.807, 2.05) is 13.8 Å². The average molecular weight is 596 g/mol. The first-order valence-electron chi connectivity index (χ1n) is 14.2. The van der Waals surface area contributed by atoms with Crippen molar-refractivity contribution in [3.63, 3.8) is 0 Å². The number of hydrogen-bond donors (Lipinski definition) is 1. The normalized spacial score (nSPS) is 14.3. The van der Waals surface area contributed by atoms with Gasteiger partial charge in [0.1, 0.15) is 24.2 Å². The minimum atomic E-state index is -4.19. The van der Waals surface area contributed by atoms with Crippen LogP contribution in [0.4, 0.5) is 10.1 Å². The van der Waals surface area contributed by atoms with Crippen molar-refractivity contribution in [2.45, 2.75) is 69.5 Å². The van der Waals surface area contributed by atoms with Gasteiger partial charge in [0.25, 0.3) is 10.0 Å². The molecule has 0 unspecified atom stereocenters. The number of anilines is 1. The predicted octanol–water partition coefficient (Wildman–Crippen LogP) is 5.20. The van der Waals surface area contributed by atoms with Crippen molar-refractivity contribution >= 4 is 27.5 Å². The summed E-state index contributed by atoms with van der Waals surface area (Å²) < 4.78 is 48.0. The monoisotopic (exact) mass is 595 g/mol. The Labute approximate surface area is 247 Å². The largest absolute Gasteiger partial charge is 0.497 e. The van der Waals surface area contributed by atoms with Gasteiger partial charge in [0.05, 0.1) is 17.7 Å². The highest BCUT2D eigenvalue weighted by atomic mass is 32.2. The SMILES string of the molecule is CC[C@@H](C(=O)NC1CCCC1)N(Cc1ccc(F)cc1)C(=O)CN(c1cccc(OC)c1)S(=O)(=O)c1ccc(C)cc1. The van der Waals surface area contributed by atoms with Gasteiger partial charge in [-0.25, -0.2) is 12.8 Å². The molecule has 0 radical (unpaired) electrons. The summed E-state index contributed by atoms with van der Waals surface area (Å²) in [6.07, 6.45) is 4.15. The standard InChI is InChI=1S/C32H38FN3O5S/c1-4-30(32(38)34-26-8-5-6-9-26)35(21-24-14-16-25(33)17-15-24)31(37)22-36(27-10-7-11-28(20-27)41-3)42(39,40)29-18-12-23(2)13-19-29/h7,10-20,26,30H,4-6,8-9,21-22H2,1-3H3,(H,34,38)/t30-/m0/s1. The topological polar surface area (TPSA) is 96.0 Å². The molecule has 10 heteroatoms. The number of nitrogens with one attached hydrogen (secondary N) is 1. The maximum absolute atomic E-state index is 14.2.